The Kier molecular flexibility index (Phi) is 10.1. The van der Waals surface area contributed by atoms with Gasteiger partial charge in [-0.15, -0.1) is 0 Å². The van der Waals surface area contributed by atoms with Crippen molar-refractivity contribution >= 4 is 10.4 Å². The van der Waals surface area contributed by atoms with E-state index in [1.807, 2.05) is 0 Å². The van der Waals surface area contributed by atoms with Crippen molar-refractivity contribution in [3.8, 4) is 0 Å². The normalized spacial score (nSPS) is 13.5. The summed E-state index contributed by atoms with van der Waals surface area (Å²) >= 11 is 0. The molecule has 4 nitrogen and oxygen atoms in total. The van der Waals surface area contributed by atoms with E-state index in [1.165, 1.54) is 0 Å². The molecule has 0 saturated carbocycles. The predicted molar refractivity (Wildman–Crippen MR) is 70.9 cm³/mol. The largest absolute Gasteiger partial charge is 0.401 e. The van der Waals surface area contributed by atoms with E-state index in [4.69, 9.17) is 0 Å². The Bertz CT molecular complexity index is 376. The van der Waals surface area contributed by atoms with E-state index < -0.39 is 87.3 Å². The molecule has 0 bridgehead atoms. The highest BCUT2D eigenvalue weighted by atomic mass is 32.3. The average molecular weight is 374 g/mol. The van der Waals surface area contributed by atoms with Gasteiger partial charge >= 0.3 is 10.4 Å². The van der Waals surface area contributed by atoms with Crippen molar-refractivity contribution in [3.05, 3.63) is 0 Å². The minimum absolute atomic E-state index is 0.787. The average Bonchev–Trinajstić information content (AvgIpc) is 2.47. The molecular weight excluding hydrogens is 354 g/mol. The fraction of sp³-hybridized carbons (Fsp3) is 1.00. The lowest BCUT2D eigenvalue weighted by molar-refractivity contribution is -0.0344. The molecule has 0 radical (unpaired) electrons. The van der Waals surface area contributed by atoms with Crippen molar-refractivity contribution in [1.29, 1.82) is 0 Å². The van der Waals surface area contributed by atoms with Crippen LogP contribution < -0.4 is 0 Å². The van der Waals surface area contributed by atoms with E-state index in [-0.39, 0.29) is 0 Å². The van der Waals surface area contributed by atoms with E-state index in [9.17, 15) is 34.8 Å². The standard InChI is InChI=1S/C12H20F6O4S/c13-5-1-11(9-17,2-6-14)21-23(19,20)22-12(10-18,3-7-15)4-8-16/h1-10H2. The summed E-state index contributed by atoms with van der Waals surface area (Å²) in [6.07, 6.45) is -3.15. The van der Waals surface area contributed by atoms with Crippen molar-refractivity contribution in [2.75, 3.05) is 40.0 Å². The number of alkyl halides is 6. The molecule has 0 amide bonds. The predicted octanol–water partition coefficient (Wildman–Crippen LogP) is 3.12. The number of rotatable bonds is 14. The third kappa shape index (κ3) is 7.25. The molecule has 0 atom stereocenters. The second-order valence-corrected chi connectivity index (χ2v) is 6.11. The third-order valence-corrected chi connectivity index (χ3v) is 4.36. The monoisotopic (exact) mass is 374 g/mol. The van der Waals surface area contributed by atoms with Crippen molar-refractivity contribution < 1.29 is 43.1 Å². The lowest BCUT2D eigenvalue weighted by atomic mass is 9.99. The minimum Gasteiger partial charge on any atom is -0.251 e. The van der Waals surface area contributed by atoms with Crippen LogP contribution in [0.5, 0.6) is 0 Å². The summed E-state index contributed by atoms with van der Waals surface area (Å²) in [7, 11) is -5.16. The summed E-state index contributed by atoms with van der Waals surface area (Å²) in [5, 5.41) is 0. The van der Waals surface area contributed by atoms with E-state index in [2.05, 4.69) is 8.37 Å². The first-order valence-corrected chi connectivity index (χ1v) is 8.13. The fourth-order valence-corrected chi connectivity index (χ4v) is 3.19. The molecule has 0 aromatic carbocycles. The van der Waals surface area contributed by atoms with E-state index in [0.717, 1.165) is 0 Å². The van der Waals surface area contributed by atoms with Crippen LogP contribution in [-0.4, -0.2) is 59.7 Å². The van der Waals surface area contributed by atoms with Crippen molar-refractivity contribution in [1.82, 2.24) is 0 Å². The Labute approximate surface area is 131 Å². The highest BCUT2D eigenvalue weighted by molar-refractivity contribution is 7.81. The number of hydrogen-bond acceptors (Lipinski definition) is 4. The zero-order chi connectivity index (χ0) is 18.0. The van der Waals surface area contributed by atoms with Crippen LogP contribution in [0.4, 0.5) is 26.3 Å². The van der Waals surface area contributed by atoms with Crippen molar-refractivity contribution in [2.24, 2.45) is 0 Å². The maximum absolute atomic E-state index is 13.1. The molecule has 0 aromatic heterocycles. The molecule has 0 aliphatic carbocycles. The molecule has 0 heterocycles. The molecule has 140 valence electrons. The summed E-state index contributed by atoms with van der Waals surface area (Å²) in [4.78, 5) is 0. The lowest BCUT2D eigenvalue weighted by Crippen LogP contribution is -2.44. The SMILES string of the molecule is O=S(=O)(OC(CF)(CCF)CCF)OC(CF)(CCF)CCF. The molecule has 0 aliphatic rings. The van der Waals surface area contributed by atoms with Crippen LogP contribution in [0, 0.1) is 0 Å². The van der Waals surface area contributed by atoms with Crippen LogP contribution in [0.3, 0.4) is 0 Å². The summed E-state index contributed by atoms with van der Waals surface area (Å²) in [5.41, 5.74) is -4.70. The molecule has 23 heavy (non-hydrogen) atoms. The third-order valence-electron chi connectivity index (χ3n) is 3.25. The van der Waals surface area contributed by atoms with Gasteiger partial charge in [0, 0.05) is 25.7 Å². The molecule has 11 heteroatoms. The quantitative estimate of drug-likeness (QED) is 0.439. The first-order chi connectivity index (χ1) is 10.8. The first-order valence-electron chi connectivity index (χ1n) is 6.80. The van der Waals surface area contributed by atoms with Gasteiger partial charge in [0.1, 0.15) is 24.6 Å². The first kappa shape index (κ1) is 22.4. The van der Waals surface area contributed by atoms with Crippen LogP contribution in [0.15, 0.2) is 0 Å². The van der Waals surface area contributed by atoms with E-state index in [1.54, 1.807) is 0 Å². The zero-order valence-corrected chi connectivity index (χ0v) is 13.2. The smallest absolute Gasteiger partial charge is 0.251 e. The summed E-state index contributed by atoms with van der Waals surface area (Å²) in [6.45, 7) is -7.91. The molecule has 0 fully saturated rings. The molecular formula is C12H20F6O4S. The zero-order valence-electron chi connectivity index (χ0n) is 12.4. The Morgan fingerprint density at radius 2 is 0.870 bits per heavy atom. The van der Waals surface area contributed by atoms with Gasteiger partial charge in [-0.05, 0) is 0 Å². The Hall–Kier alpha value is -0.550. The molecule has 0 aliphatic heterocycles. The van der Waals surface area contributed by atoms with Gasteiger partial charge in [-0.3, -0.25) is 17.6 Å². The van der Waals surface area contributed by atoms with Gasteiger partial charge in [0.2, 0.25) is 0 Å². The molecule has 0 N–H and O–H groups in total. The second-order valence-electron chi connectivity index (χ2n) is 4.96. The highest BCUT2D eigenvalue weighted by Gasteiger charge is 2.42. The Balaban J connectivity index is 5.34. The van der Waals surface area contributed by atoms with Gasteiger partial charge < -0.3 is 0 Å². The van der Waals surface area contributed by atoms with Gasteiger partial charge in [-0.2, -0.15) is 8.42 Å². The highest BCUT2D eigenvalue weighted by Crippen LogP contribution is 2.30. The summed E-state index contributed by atoms with van der Waals surface area (Å²) < 4.78 is 108. The van der Waals surface area contributed by atoms with Gasteiger partial charge in [0.05, 0.1) is 26.7 Å². The van der Waals surface area contributed by atoms with Crippen LogP contribution in [0.1, 0.15) is 25.7 Å². The summed E-state index contributed by atoms with van der Waals surface area (Å²) in [6, 6.07) is 0. The van der Waals surface area contributed by atoms with Crippen molar-refractivity contribution in [3.63, 3.8) is 0 Å². The molecule has 0 aromatic rings. The Morgan fingerprint density at radius 3 is 1.04 bits per heavy atom. The topological polar surface area (TPSA) is 52.6 Å². The molecule has 0 rings (SSSR count). The molecule has 0 saturated heterocycles. The van der Waals surface area contributed by atoms with Crippen LogP contribution in [-0.2, 0) is 18.8 Å². The van der Waals surface area contributed by atoms with Crippen LogP contribution in [0.2, 0.25) is 0 Å². The van der Waals surface area contributed by atoms with Crippen molar-refractivity contribution in [2.45, 2.75) is 36.9 Å². The van der Waals surface area contributed by atoms with Crippen LogP contribution >= 0.6 is 0 Å². The minimum atomic E-state index is -5.16. The van der Waals surface area contributed by atoms with E-state index >= 15 is 0 Å². The van der Waals surface area contributed by atoms with Gasteiger partial charge in [0.15, 0.2) is 0 Å². The molecule has 0 spiro atoms. The lowest BCUT2D eigenvalue weighted by Gasteiger charge is -2.32. The Morgan fingerprint density at radius 1 is 0.609 bits per heavy atom. The molecule has 0 unspecified atom stereocenters. The van der Waals surface area contributed by atoms with Gasteiger partial charge in [-0.25, -0.2) is 17.1 Å². The number of halogens is 6. The maximum atomic E-state index is 13.1. The van der Waals surface area contributed by atoms with E-state index in [0.29, 0.717) is 0 Å². The van der Waals surface area contributed by atoms with Crippen LogP contribution in [0.25, 0.3) is 0 Å². The van der Waals surface area contributed by atoms with Gasteiger partial charge in [0.25, 0.3) is 0 Å². The maximum Gasteiger partial charge on any atom is 0.401 e. The second kappa shape index (κ2) is 10.3. The number of hydrogen-bond donors (Lipinski definition) is 0. The summed E-state index contributed by atoms with van der Waals surface area (Å²) in [5.74, 6) is 0. The van der Waals surface area contributed by atoms with Gasteiger partial charge in [-0.1, -0.05) is 0 Å². The fourth-order valence-electron chi connectivity index (χ4n) is 1.87.